The zero-order valence-corrected chi connectivity index (χ0v) is 16.2. The maximum absolute atomic E-state index is 12.5. The molecule has 6 nitrogen and oxygen atoms in total. The first-order valence-electron chi connectivity index (χ1n) is 8.55. The number of amides is 1. The number of nitrogens with one attached hydrogen (secondary N) is 1. The number of hydrogen-bond acceptors (Lipinski definition) is 5. The second kappa shape index (κ2) is 9.81. The van der Waals surface area contributed by atoms with Crippen molar-refractivity contribution in [2.75, 3.05) is 33.2 Å². The van der Waals surface area contributed by atoms with Gasteiger partial charge in [-0.1, -0.05) is 6.07 Å². The number of halogens is 3. The van der Waals surface area contributed by atoms with E-state index in [0.717, 1.165) is 5.56 Å². The summed E-state index contributed by atoms with van der Waals surface area (Å²) < 4.78 is 53.1. The topological polar surface area (TPSA) is 69.2 Å². The second-order valence-corrected chi connectivity index (χ2v) is 5.88. The summed E-state index contributed by atoms with van der Waals surface area (Å²) in [7, 11) is 4.52. The van der Waals surface area contributed by atoms with E-state index in [1.165, 1.54) is 31.5 Å². The number of ether oxygens (including phenoxy) is 3. The molecule has 0 spiro atoms. The number of aliphatic imine (C=N–C) groups is 1. The average molecular weight is 410 g/mol. The predicted molar refractivity (Wildman–Crippen MR) is 103 cm³/mol. The fourth-order valence-electron chi connectivity index (χ4n) is 2.47. The van der Waals surface area contributed by atoms with Crippen molar-refractivity contribution in [3.63, 3.8) is 0 Å². The number of rotatable bonds is 8. The molecule has 0 bridgehead atoms. The number of benzene rings is 2. The third kappa shape index (κ3) is 6.13. The molecule has 1 N–H and O–H groups in total. The molecule has 2 aromatic rings. The summed E-state index contributed by atoms with van der Waals surface area (Å²) in [6.07, 6.45) is -3.01. The van der Waals surface area contributed by atoms with Gasteiger partial charge in [-0.2, -0.15) is 13.2 Å². The number of methoxy groups -OCH3 is 3. The largest absolute Gasteiger partial charge is 0.497 e. The van der Waals surface area contributed by atoms with Crippen LogP contribution < -0.4 is 19.5 Å². The Balaban J connectivity index is 2.11. The van der Waals surface area contributed by atoms with E-state index in [-0.39, 0.29) is 5.69 Å². The summed E-state index contributed by atoms with van der Waals surface area (Å²) in [4.78, 5) is 15.5. The van der Waals surface area contributed by atoms with Crippen LogP contribution >= 0.6 is 0 Å². The molecule has 0 radical (unpaired) electrons. The first-order chi connectivity index (χ1) is 13.8. The summed E-state index contributed by atoms with van der Waals surface area (Å²) in [5.41, 5.74) is 1.24. The van der Waals surface area contributed by atoms with E-state index >= 15 is 0 Å². The van der Waals surface area contributed by atoms with Crippen LogP contribution in [0.5, 0.6) is 17.2 Å². The molecule has 0 aromatic heterocycles. The SMILES string of the molecule is COc1ccc(NC(=O)C(F)(F)F)c(C=NCCc2ccc(OC)c(OC)c2)c1. The van der Waals surface area contributed by atoms with Gasteiger partial charge in [-0.15, -0.1) is 0 Å². The van der Waals surface area contributed by atoms with Crippen molar-refractivity contribution in [2.24, 2.45) is 4.99 Å². The van der Waals surface area contributed by atoms with Crippen LogP contribution in [0.25, 0.3) is 0 Å². The molecule has 0 saturated heterocycles. The lowest BCUT2D eigenvalue weighted by Gasteiger charge is -2.11. The van der Waals surface area contributed by atoms with Gasteiger partial charge in [-0.25, -0.2) is 0 Å². The minimum Gasteiger partial charge on any atom is -0.497 e. The van der Waals surface area contributed by atoms with Gasteiger partial charge in [0.15, 0.2) is 11.5 Å². The Kier molecular flexibility index (Phi) is 7.46. The van der Waals surface area contributed by atoms with Gasteiger partial charge in [0.05, 0.1) is 27.0 Å². The van der Waals surface area contributed by atoms with Gasteiger partial charge < -0.3 is 19.5 Å². The molecule has 0 atom stereocenters. The molecule has 0 unspecified atom stereocenters. The zero-order chi connectivity index (χ0) is 21.4. The van der Waals surface area contributed by atoms with E-state index in [1.54, 1.807) is 20.3 Å². The third-order valence-corrected chi connectivity index (χ3v) is 3.97. The molecule has 1 amide bonds. The van der Waals surface area contributed by atoms with E-state index in [9.17, 15) is 18.0 Å². The number of carbonyl (C=O) groups is 1. The molecule has 0 aliphatic heterocycles. The number of hydrogen-bond donors (Lipinski definition) is 1. The highest BCUT2D eigenvalue weighted by Gasteiger charge is 2.38. The summed E-state index contributed by atoms with van der Waals surface area (Å²) in [5.74, 6) is -0.418. The quantitative estimate of drug-likeness (QED) is 0.671. The van der Waals surface area contributed by atoms with Gasteiger partial charge in [-0.3, -0.25) is 9.79 Å². The molecule has 29 heavy (non-hydrogen) atoms. The van der Waals surface area contributed by atoms with Crippen LogP contribution in [0.3, 0.4) is 0 Å². The second-order valence-electron chi connectivity index (χ2n) is 5.88. The molecular formula is C20H21F3N2O4. The van der Waals surface area contributed by atoms with Crippen LogP contribution in [-0.4, -0.2) is 46.2 Å². The fraction of sp³-hybridized carbons (Fsp3) is 0.300. The molecule has 2 aromatic carbocycles. The van der Waals surface area contributed by atoms with Crippen LogP contribution in [0.15, 0.2) is 41.4 Å². The molecular weight excluding hydrogens is 389 g/mol. The van der Waals surface area contributed by atoms with Crippen molar-refractivity contribution >= 4 is 17.8 Å². The first kappa shape index (κ1) is 22.1. The Labute approximate surface area is 166 Å². The zero-order valence-electron chi connectivity index (χ0n) is 16.2. The van der Waals surface area contributed by atoms with Gasteiger partial charge in [0.25, 0.3) is 0 Å². The Morgan fingerprint density at radius 1 is 1.03 bits per heavy atom. The first-order valence-corrected chi connectivity index (χ1v) is 8.55. The summed E-state index contributed by atoms with van der Waals surface area (Å²) >= 11 is 0. The van der Waals surface area contributed by atoms with E-state index in [1.807, 2.05) is 17.4 Å². The van der Waals surface area contributed by atoms with E-state index in [0.29, 0.717) is 35.8 Å². The molecule has 9 heteroatoms. The van der Waals surface area contributed by atoms with Crippen LogP contribution in [0.4, 0.5) is 18.9 Å². The molecule has 0 heterocycles. The smallest absolute Gasteiger partial charge is 0.471 e. The van der Waals surface area contributed by atoms with Gasteiger partial charge in [-0.05, 0) is 42.3 Å². The van der Waals surface area contributed by atoms with Crippen molar-refractivity contribution in [2.45, 2.75) is 12.6 Å². The van der Waals surface area contributed by atoms with Crippen molar-refractivity contribution in [1.29, 1.82) is 0 Å². The van der Waals surface area contributed by atoms with Crippen molar-refractivity contribution < 1.29 is 32.2 Å². The van der Waals surface area contributed by atoms with Gasteiger partial charge in [0, 0.05) is 18.3 Å². The van der Waals surface area contributed by atoms with Gasteiger partial charge in [0.2, 0.25) is 0 Å². The highest BCUT2D eigenvalue weighted by Crippen LogP contribution is 2.28. The van der Waals surface area contributed by atoms with Crippen LogP contribution in [0.2, 0.25) is 0 Å². The van der Waals surface area contributed by atoms with Gasteiger partial charge >= 0.3 is 12.1 Å². The summed E-state index contributed by atoms with van der Waals surface area (Å²) in [6, 6.07) is 9.76. The third-order valence-electron chi connectivity index (χ3n) is 3.97. The summed E-state index contributed by atoms with van der Waals surface area (Å²) in [5, 5.41) is 1.85. The maximum atomic E-state index is 12.5. The van der Waals surface area contributed by atoms with E-state index < -0.39 is 12.1 Å². The Hall–Kier alpha value is -3.23. The monoisotopic (exact) mass is 410 g/mol. The van der Waals surface area contributed by atoms with Crippen LogP contribution in [-0.2, 0) is 11.2 Å². The van der Waals surface area contributed by atoms with Crippen LogP contribution in [0, 0.1) is 0 Å². The normalized spacial score (nSPS) is 11.4. The van der Waals surface area contributed by atoms with Crippen molar-refractivity contribution in [3.8, 4) is 17.2 Å². The molecule has 0 saturated carbocycles. The van der Waals surface area contributed by atoms with Crippen molar-refractivity contribution in [3.05, 3.63) is 47.5 Å². The lowest BCUT2D eigenvalue weighted by Crippen LogP contribution is -2.30. The molecule has 0 aliphatic rings. The minimum absolute atomic E-state index is 0.0111. The Morgan fingerprint density at radius 2 is 1.76 bits per heavy atom. The molecule has 0 fully saturated rings. The molecule has 156 valence electrons. The lowest BCUT2D eigenvalue weighted by molar-refractivity contribution is -0.167. The highest BCUT2D eigenvalue weighted by atomic mass is 19.4. The Morgan fingerprint density at radius 3 is 2.38 bits per heavy atom. The number of carbonyl (C=O) groups excluding carboxylic acids is 1. The Bertz CT molecular complexity index is 883. The lowest BCUT2D eigenvalue weighted by atomic mass is 10.1. The fourth-order valence-corrected chi connectivity index (χ4v) is 2.47. The molecule has 0 aliphatic carbocycles. The minimum atomic E-state index is -4.98. The summed E-state index contributed by atoms with van der Waals surface area (Å²) in [6.45, 7) is 0.374. The number of nitrogens with zero attached hydrogens (tertiary/aromatic N) is 1. The predicted octanol–water partition coefficient (Wildman–Crippen LogP) is 3.87. The van der Waals surface area contributed by atoms with Gasteiger partial charge in [0.1, 0.15) is 5.75 Å². The highest BCUT2D eigenvalue weighted by molar-refractivity contribution is 6.00. The van der Waals surface area contributed by atoms with E-state index in [4.69, 9.17) is 14.2 Å². The number of anilines is 1. The van der Waals surface area contributed by atoms with Crippen LogP contribution in [0.1, 0.15) is 11.1 Å². The number of alkyl halides is 3. The van der Waals surface area contributed by atoms with Crippen molar-refractivity contribution in [1.82, 2.24) is 0 Å². The standard InChI is InChI=1S/C20H21F3N2O4/c1-27-15-5-6-16(25-19(26)20(21,22)23)14(11-15)12-24-9-8-13-4-7-17(28-2)18(10-13)29-3/h4-7,10-12H,8-9H2,1-3H3,(H,25,26). The van der Waals surface area contributed by atoms with E-state index in [2.05, 4.69) is 4.99 Å². The molecule has 2 rings (SSSR count). The maximum Gasteiger partial charge on any atom is 0.471 e. The average Bonchev–Trinajstić information content (AvgIpc) is 2.71.